The molecule has 7 heteroatoms. The molecule has 1 heterocycles. The number of benzene rings is 4. The summed E-state index contributed by atoms with van der Waals surface area (Å²) in [6.07, 6.45) is 1.95. The molecule has 0 spiro atoms. The Morgan fingerprint density at radius 2 is 1.38 bits per heavy atom. The van der Waals surface area contributed by atoms with Gasteiger partial charge in [-0.25, -0.2) is 4.98 Å². The molecule has 0 aliphatic heterocycles. The Kier molecular flexibility index (Phi) is 10.1. The Morgan fingerprint density at radius 3 is 2.02 bits per heavy atom. The second kappa shape index (κ2) is 14.5. The van der Waals surface area contributed by atoms with Crippen molar-refractivity contribution in [3.63, 3.8) is 0 Å². The number of amides is 1. The van der Waals surface area contributed by atoms with Crippen molar-refractivity contribution in [1.82, 2.24) is 14.5 Å². The fourth-order valence-electron chi connectivity index (χ4n) is 5.24. The van der Waals surface area contributed by atoms with Crippen LogP contribution < -0.4 is 0 Å². The maximum absolute atomic E-state index is 13.9. The predicted molar refractivity (Wildman–Crippen MR) is 169 cm³/mol. The molecule has 1 amide bonds. The first-order valence-corrected chi connectivity index (χ1v) is 15.3. The highest BCUT2D eigenvalue weighted by Crippen LogP contribution is 2.29. The highest BCUT2D eigenvalue weighted by molar-refractivity contribution is 7.99. The van der Waals surface area contributed by atoms with Gasteiger partial charge in [0.25, 0.3) is 0 Å². The molecule has 0 bridgehead atoms. The third kappa shape index (κ3) is 7.68. The van der Waals surface area contributed by atoms with Gasteiger partial charge in [-0.05, 0) is 41.7 Å². The Balaban J connectivity index is 1.29. The van der Waals surface area contributed by atoms with Crippen LogP contribution in [0.15, 0.2) is 120 Å². The standard InChI is InChI=1S/C35H35N3O3S/c39-33(25-30(28-15-6-2-7-16-28)29-17-8-3-9-18-29)37(23-21-27-13-4-1-5-14-27)22-12-24-42-35-36-31-19-10-11-20-32(31)38(35)26-34(40)41/h1-11,13-20,30H,12,21-26H2,(H,40,41). The molecule has 0 atom stereocenters. The molecule has 0 unspecified atom stereocenters. The lowest BCUT2D eigenvalue weighted by Crippen LogP contribution is -2.35. The monoisotopic (exact) mass is 577 g/mol. The Hall–Kier alpha value is -4.36. The lowest BCUT2D eigenvalue weighted by Gasteiger charge is -2.26. The van der Waals surface area contributed by atoms with E-state index in [0.29, 0.717) is 24.7 Å². The Labute approximate surface area is 251 Å². The zero-order valence-electron chi connectivity index (χ0n) is 23.5. The number of rotatable bonds is 14. The van der Waals surface area contributed by atoms with E-state index in [4.69, 9.17) is 0 Å². The molecule has 214 valence electrons. The fourth-order valence-corrected chi connectivity index (χ4v) is 6.18. The van der Waals surface area contributed by atoms with E-state index in [2.05, 4.69) is 41.4 Å². The largest absolute Gasteiger partial charge is 0.480 e. The van der Waals surface area contributed by atoms with Gasteiger partial charge in [-0.3, -0.25) is 9.59 Å². The van der Waals surface area contributed by atoms with Crippen molar-refractivity contribution >= 4 is 34.7 Å². The van der Waals surface area contributed by atoms with E-state index in [1.165, 1.54) is 5.56 Å². The van der Waals surface area contributed by atoms with E-state index in [0.717, 1.165) is 40.8 Å². The van der Waals surface area contributed by atoms with Gasteiger partial charge in [0.1, 0.15) is 6.54 Å². The van der Waals surface area contributed by atoms with E-state index in [1.807, 2.05) is 83.8 Å². The lowest BCUT2D eigenvalue weighted by atomic mass is 9.88. The van der Waals surface area contributed by atoms with Crippen LogP contribution in [0, 0.1) is 0 Å². The van der Waals surface area contributed by atoms with Crippen molar-refractivity contribution in [3.05, 3.63) is 132 Å². The maximum atomic E-state index is 13.9. The molecule has 0 aliphatic carbocycles. The molecule has 0 radical (unpaired) electrons. The minimum absolute atomic E-state index is 0.0237. The molecular weight excluding hydrogens is 542 g/mol. The first-order chi connectivity index (χ1) is 20.6. The van der Waals surface area contributed by atoms with E-state index in [9.17, 15) is 14.7 Å². The molecule has 4 aromatic carbocycles. The highest BCUT2D eigenvalue weighted by Gasteiger charge is 2.22. The summed E-state index contributed by atoms with van der Waals surface area (Å²) < 4.78 is 1.75. The number of hydrogen-bond donors (Lipinski definition) is 1. The molecule has 1 aromatic heterocycles. The summed E-state index contributed by atoms with van der Waals surface area (Å²) in [5.41, 5.74) is 5.07. The molecule has 0 saturated heterocycles. The third-order valence-electron chi connectivity index (χ3n) is 7.36. The number of aromatic nitrogens is 2. The van der Waals surface area contributed by atoms with Crippen molar-refractivity contribution in [3.8, 4) is 0 Å². The highest BCUT2D eigenvalue weighted by atomic mass is 32.2. The second-order valence-corrected chi connectivity index (χ2v) is 11.3. The lowest BCUT2D eigenvalue weighted by molar-refractivity contribution is -0.137. The number of thioether (sulfide) groups is 1. The summed E-state index contributed by atoms with van der Waals surface area (Å²) in [6, 6.07) is 38.4. The van der Waals surface area contributed by atoms with Crippen LogP contribution in [0.25, 0.3) is 11.0 Å². The van der Waals surface area contributed by atoms with Crippen LogP contribution in [0.2, 0.25) is 0 Å². The number of carbonyl (C=O) groups excluding carboxylic acids is 1. The van der Waals surface area contributed by atoms with Crippen LogP contribution in [0.3, 0.4) is 0 Å². The number of nitrogens with zero attached hydrogens (tertiary/aromatic N) is 3. The van der Waals surface area contributed by atoms with E-state index in [1.54, 1.807) is 16.3 Å². The normalized spacial score (nSPS) is 11.2. The van der Waals surface area contributed by atoms with Crippen LogP contribution in [0.4, 0.5) is 0 Å². The SMILES string of the molecule is O=C(O)Cn1c(SCCCN(CCc2ccccc2)C(=O)CC(c2ccccc2)c2ccccc2)nc2ccccc21. The van der Waals surface area contributed by atoms with Crippen molar-refractivity contribution in [1.29, 1.82) is 0 Å². The zero-order chi connectivity index (χ0) is 29.1. The van der Waals surface area contributed by atoms with Gasteiger partial charge >= 0.3 is 5.97 Å². The molecule has 5 aromatic rings. The number of carbonyl (C=O) groups is 2. The summed E-state index contributed by atoms with van der Waals surface area (Å²) >= 11 is 1.54. The van der Waals surface area contributed by atoms with Gasteiger partial charge in [-0.1, -0.05) is 115 Å². The number of carboxylic acid groups (broad SMARTS) is 1. The molecule has 0 saturated carbocycles. The summed E-state index contributed by atoms with van der Waals surface area (Å²) in [5, 5.41) is 10.2. The van der Waals surface area contributed by atoms with E-state index < -0.39 is 5.97 Å². The van der Waals surface area contributed by atoms with Crippen LogP contribution in [-0.2, 0) is 22.6 Å². The average molecular weight is 578 g/mol. The predicted octanol–water partition coefficient (Wildman–Crippen LogP) is 6.90. The second-order valence-electron chi connectivity index (χ2n) is 10.3. The smallest absolute Gasteiger partial charge is 0.323 e. The van der Waals surface area contributed by atoms with Crippen molar-refractivity contribution in [2.24, 2.45) is 0 Å². The first-order valence-electron chi connectivity index (χ1n) is 14.3. The van der Waals surface area contributed by atoms with E-state index in [-0.39, 0.29) is 18.4 Å². The zero-order valence-corrected chi connectivity index (χ0v) is 24.3. The van der Waals surface area contributed by atoms with Crippen LogP contribution in [-0.4, -0.2) is 50.3 Å². The van der Waals surface area contributed by atoms with Gasteiger partial charge in [0.15, 0.2) is 5.16 Å². The summed E-state index contributed by atoms with van der Waals surface area (Å²) in [7, 11) is 0. The van der Waals surface area contributed by atoms with Crippen molar-refractivity contribution in [2.75, 3.05) is 18.8 Å². The summed E-state index contributed by atoms with van der Waals surface area (Å²) in [4.78, 5) is 32.1. The molecule has 0 aliphatic rings. The van der Waals surface area contributed by atoms with Crippen LogP contribution >= 0.6 is 11.8 Å². The number of aliphatic carboxylic acids is 1. The van der Waals surface area contributed by atoms with Crippen LogP contribution in [0.5, 0.6) is 0 Å². The fraction of sp³-hybridized carbons (Fsp3) is 0.229. The number of hydrogen-bond acceptors (Lipinski definition) is 4. The number of imidazole rings is 1. The molecule has 42 heavy (non-hydrogen) atoms. The van der Waals surface area contributed by atoms with Gasteiger partial charge in [-0.15, -0.1) is 0 Å². The first kappa shape index (κ1) is 29.1. The van der Waals surface area contributed by atoms with Gasteiger partial charge in [-0.2, -0.15) is 0 Å². The van der Waals surface area contributed by atoms with Gasteiger partial charge < -0.3 is 14.6 Å². The van der Waals surface area contributed by atoms with Gasteiger partial charge in [0, 0.05) is 31.2 Å². The summed E-state index contributed by atoms with van der Waals surface area (Å²) in [6.45, 7) is 1.13. The number of para-hydroxylation sites is 2. The number of fused-ring (bicyclic) bond motifs is 1. The van der Waals surface area contributed by atoms with Crippen molar-refractivity contribution < 1.29 is 14.7 Å². The number of carboxylic acids is 1. The Morgan fingerprint density at radius 1 is 0.786 bits per heavy atom. The van der Waals surface area contributed by atoms with Gasteiger partial charge in [0.2, 0.25) is 5.91 Å². The molecule has 1 N–H and O–H groups in total. The van der Waals surface area contributed by atoms with Crippen molar-refractivity contribution in [2.45, 2.75) is 36.9 Å². The quantitative estimate of drug-likeness (QED) is 0.115. The molecule has 6 nitrogen and oxygen atoms in total. The van der Waals surface area contributed by atoms with E-state index >= 15 is 0 Å². The molecule has 5 rings (SSSR count). The topological polar surface area (TPSA) is 75.4 Å². The minimum atomic E-state index is -0.899. The average Bonchev–Trinajstić information content (AvgIpc) is 3.37. The molecule has 0 fully saturated rings. The maximum Gasteiger partial charge on any atom is 0.323 e. The molecular formula is C35H35N3O3S. The third-order valence-corrected chi connectivity index (χ3v) is 8.43. The van der Waals surface area contributed by atoms with Gasteiger partial charge in [0.05, 0.1) is 11.0 Å². The Bertz CT molecular complexity index is 1550. The minimum Gasteiger partial charge on any atom is -0.480 e. The van der Waals surface area contributed by atoms with Crippen LogP contribution in [0.1, 0.15) is 35.4 Å². The summed E-state index contributed by atoms with van der Waals surface area (Å²) in [5.74, 6) is -0.0703.